The number of allylic oxidation sites excluding steroid dienone is 2. The average Bonchev–Trinajstić information content (AvgIpc) is 3.47. The minimum Gasteiger partial charge on any atom is -0.338 e. The molecule has 2 aliphatic heterocycles. The van der Waals surface area contributed by atoms with Crippen LogP contribution in [0.2, 0.25) is 5.02 Å². The van der Waals surface area contributed by atoms with E-state index in [1.165, 1.54) is 22.3 Å². The maximum Gasteiger partial charge on any atom is 0.385 e. The predicted molar refractivity (Wildman–Crippen MR) is 145 cm³/mol. The Bertz CT molecular complexity index is 1360. The van der Waals surface area contributed by atoms with Crippen LogP contribution in [-0.2, 0) is 11.8 Å². The van der Waals surface area contributed by atoms with Crippen molar-refractivity contribution in [3.63, 3.8) is 0 Å². The molecule has 1 saturated heterocycles. The van der Waals surface area contributed by atoms with Crippen LogP contribution in [0.4, 0.5) is 10.8 Å². The molecule has 0 bridgehead atoms. The minimum absolute atomic E-state index is 0.0107. The molecule has 2 aromatic carbocycles. The van der Waals surface area contributed by atoms with Gasteiger partial charge < -0.3 is 4.90 Å². The van der Waals surface area contributed by atoms with Crippen LogP contribution < -0.4 is 9.47 Å². The van der Waals surface area contributed by atoms with E-state index < -0.39 is 0 Å². The van der Waals surface area contributed by atoms with Crippen LogP contribution >= 0.6 is 46.5 Å². The molecule has 172 valence electrons. The summed E-state index contributed by atoms with van der Waals surface area (Å²) in [6, 6.07) is 16.1. The maximum atomic E-state index is 13.1. The van der Waals surface area contributed by atoms with Gasteiger partial charge in [0.1, 0.15) is 5.69 Å². The molecule has 0 atom stereocenters. The molecule has 0 spiro atoms. The summed E-state index contributed by atoms with van der Waals surface area (Å²) in [6.07, 6.45) is 3.93. The molecule has 1 amide bonds. The Morgan fingerprint density at radius 3 is 2.59 bits per heavy atom. The Labute approximate surface area is 216 Å². The zero-order valence-corrected chi connectivity index (χ0v) is 22.1. The summed E-state index contributed by atoms with van der Waals surface area (Å²) in [6.45, 7) is 2.54. The topological polar surface area (TPSA) is 39.8 Å². The van der Waals surface area contributed by atoms with Gasteiger partial charge in [-0.25, -0.2) is 4.57 Å². The minimum atomic E-state index is -0.0107. The lowest BCUT2D eigenvalue weighted by Gasteiger charge is -2.12. The molecule has 0 radical (unpaired) electrons. The number of fused-ring (bicyclic) bond motifs is 1. The number of hydrogen-bond acceptors (Lipinski definition) is 6. The van der Waals surface area contributed by atoms with E-state index in [1.54, 1.807) is 28.0 Å². The Morgan fingerprint density at radius 1 is 1.09 bits per heavy atom. The molecule has 0 saturated carbocycles. The molecule has 34 heavy (non-hydrogen) atoms. The number of carbonyl (C=O) groups is 1. The smallest absolute Gasteiger partial charge is 0.338 e. The largest absolute Gasteiger partial charge is 0.385 e. The Hall–Kier alpha value is -2.52. The van der Waals surface area contributed by atoms with Crippen molar-refractivity contribution in [3.8, 4) is 11.3 Å². The molecule has 2 aliphatic rings. The van der Waals surface area contributed by atoms with Gasteiger partial charge in [-0.15, -0.1) is 0 Å². The molecular formula is C25H22ClN4OS3+. The van der Waals surface area contributed by atoms with Gasteiger partial charge in [-0.3, -0.25) is 9.69 Å². The number of amides is 1. The van der Waals surface area contributed by atoms with E-state index in [1.807, 2.05) is 74.1 Å². The van der Waals surface area contributed by atoms with Crippen LogP contribution in [0.15, 0.2) is 85.9 Å². The van der Waals surface area contributed by atoms with Crippen LogP contribution in [0, 0.1) is 0 Å². The third-order valence-corrected chi connectivity index (χ3v) is 8.99. The number of nitrogens with zero attached hydrogens (tertiary/aromatic N) is 4. The highest BCUT2D eigenvalue weighted by Gasteiger charge is 2.36. The maximum absolute atomic E-state index is 13.1. The van der Waals surface area contributed by atoms with Crippen molar-refractivity contribution < 1.29 is 9.36 Å². The lowest BCUT2D eigenvalue weighted by atomic mass is 10.2. The van der Waals surface area contributed by atoms with E-state index in [2.05, 4.69) is 22.4 Å². The highest BCUT2D eigenvalue weighted by molar-refractivity contribution is 8.18. The van der Waals surface area contributed by atoms with E-state index in [-0.39, 0.29) is 5.91 Å². The highest BCUT2D eigenvalue weighted by atomic mass is 35.5. The molecule has 9 heteroatoms. The summed E-state index contributed by atoms with van der Waals surface area (Å²) in [5.74, 6) is -0.0107. The first-order valence-electron chi connectivity index (χ1n) is 10.7. The Morgan fingerprint density at radius 2 is 1.85 bits per heavy atom. The van der Waals surface area contributed by atoms with Crippen LogP contribution in [0.5, 0.6) is 0 Å². The number of amidine groups is 1. The lowest BCUT2D eigenvalue weighted by molar-refractivity contribution is -0.642. The van der Waals surface area contributed by atoms with Gasteiger partial charge in [0.05, 0.1) is 22.7 Å². The van der Waals surface area contributed by atoms with Crippen molar-refractivity contribution in [1.29, 1.82) is 0 Å². The summed E-state index contributed by atoms with van der Waals surface area (Å²) in [5.41, 5.74) is 3.31. The number of thioether (sulfide) groups is 2. The number of likely N-dealkylation sites (N-methyl/N-ethyl adjacent to an activating group) is 1. The summed E-state index contributed by atoms with van der Waals surface area (Å²) < 4.78 is 2.05. The van der Waals surface area contributed by atoms with Gasteiger partial charge in [0, 0.05) is 34.5 Å². The number of aromatic nitrogens is 1. The second kappa shape index (κ2) is 9.62. The summed E-state index contributed by atoms with van der Waals surface area (Å²) in [4.78, 5) is 23.7. The van der Waals surface area contributed by atoms with Crippen LogP contribution in [0.3, 0.4) is 0 Å². The monoisotopic (exact) mass is 525 g/mol. The molecule has 0 aliphatic carbocycles. The normalized spacial score (nSPS) is 19.2. The zero-order valence-electron chi connectivity index (χ0n) is 18.9. The van der Waals surface area contributed by atoms with Gasteiger partial charge in [0.25, 0.3) is 11.1 Å². The lowest BCUT2D eigenvalue weighted by Crippen LogP contribution is -2.31. The second-order valence-electron chi connectivity index (χ2n) is 7.68. The van der Waals surface area contributed by atoms with E-state index >= 15 is 0 Å². The van der Waals surface area contributed by atoms with Crippen molar-refractivity contribution in [3.05, 3.63) is 81.0 Å². The van der Waals surface area contributed by atoms with Crippen LogP contribution in [-0.4, -0.2) is 29.6 Å². The van der Waals surface area contributed by atoms with Crippen LogP contribution in [0.25, 0.3) is 11.3 Å². The van der Waals surface area contributed by atoms with Gasteiger partial charge in [0.2, 0.25) is 0 Å². The molecule has 3 aromatic rings. The summed E-state index contributed by atoms with van der Waals surface area (Å²) in [5, 5.41) is 5.41. The number of thiazole rings is 1. The summed E-state index contributed by atoms with van der Waals surface area (Å²) >= 11 is 10.7. The van der Waals surface area contributed by atoms with Crippen molar-refractivity contribution in [2.75, 3.05) is 18.5 Å². The number of rotatable bonds is 4. The number of anilines is 1. The standard InChI is InChI=1S/C25H22ClN4OS3/c1-4-30-23(31)21(13-14-22-28(2)18-7-5-6-8-20(18)33-22)34-25(30)27-24-29(3)19(15-32-24)16-9-11-17(26)12-10-16/h5-15H,4H2,1-3H3/q+1/b21-13-,22-14-. The predicted octanol–water partition coefficient (Wildman–Crippen LogP) is 6.44. The molecule has 3 heterocycles. The molecular weight excluding hydrogens is 504 g/mol. The van der Waals surface area contributed by atoms with Crippen molar-refractivity contribution in [2.45, 2.75) is 11.8 Å². The van der Waals surface area contributed by atoms with E-state index in [0.717, 1.165) is 21.4 Å². The SMILES string of the molecule is CCN1C(=O)/C(=C/C=C2\Sc3ccccc3N2C)SC1=Nc1scc(-c2ccc(Cl)cc2)[n+]1C. The third kappa shape index (κ3) is 4.31. The van der Waals surface area contributed by atoms with Crippen molar-refractivity contribution in [2.24, 2.45) is 12.0 Å². The van der Waals surface area contributed by atoms with E-state index in [9.17, 15) is 4.79 Å². The molecule has 0 N–H and O–H groups in total. The number of hydrogen-bond donors (Lipinski definition) is 0. The van der Waals surface area contributed by atoms with E-state index in [0.29, 0.717) is 21.6 Å². The van der Waals surface area contributed by atoms with Gasteiger partial charge in [-0.1, -0.05) is 46.8 Å². The zero-order chi connectivity index (χ0) is 23.8. The first kappa shape index (κ1) is 23.2. The first-order chi connectivity index (χ1) is 16.5. The second-order valence-corrected chi connectivity index (χ2v) is 11.0. The molecule has 5 rings (SSSR count). The number of benzene rings is 2. The highest BCUT2D eigenvalue weighted by Crippen LogP contribution is 2.45. The number of halogens is 1. The van der Waals surface area contributed by atoms with Gasteiger partial charge in [-0.05, 0) is 72.2 Å². The fraction of sp³-hybridized carbons (Fsp3) is 0.160. The molecule has 1 aromatic heterocycles. The summed E-state index contributed by atoms with van der Waals surface area (Å²) in [7, 11) is 4.04. The first-order valence-corrected chi connectivity index (χ1v) is 13.6. The fourth-order valence-electron chi connectivity index (χ4n) is 3.73. The number of para-hydroxylation sites is 1. The van der Waals surface area contributed by atoms with Crippen molar-refractivity contribution in [1.82, 2.24) is 4.90 Å². The van der Waals surface area contributed by atoms with Crippen LogP contribution in [0.1, 0.15) is 6.92 Å². The molecule has 1 fully saturated rings. The van der Waals surface area contributed by atoms with Gasteiger partial charge >= 0.3 is 5.13 Å². The molecule has 5 nitrogen and oxygen atoms in total. The van der Waals surface area contributed by atoms with Gasteiger partial charge in [0.15, 0.2) is 0 Å². The van der Waals surface area contributed by atoms with Gasteiger partial charge in [-0.2, -0.15) is 0 Å². The Balaban J connectivity index is 1.41. The van der Waals surface area contributed by atoms with Crippen molar-refractivity contribution >= 4 is 68.4 Å². The Kier molecular flexibility index (Phi) is 6.57. The number of aliphatic imine (C=N–C) groups is 1. The quantitative estimate of drug-likeness (QED) is 0.290. The fourth-order valence-corrected chi connectivity index (χ4v) is 6.86. The van der Waals surface area contributed by atoms with E-state index in [4.69, 9.17) is 16.6 Å². The third-order valence-electron chi connectivity index (χ3n) is 5.61. The average molecular weight is 526 g/mol. The number of carbonyl (C=O) groups excluding carboxylic acids is 1. The molecule has 0 unspecified atom stereocenters.